The van der Waals surface area contributed by atoms with Gasteiger partial charge in [-0.2, -0.15) is 0 Å². The summed E-state index contributed by atoms with van der Waals surface area (Å²) in [4.78, 5) is 32.1. The number of nitrogens with zero attached hydrogens (tertiary/aromatic N) is 2. The Kier molecular flexibility index (Phi) is 5.48. The minimum Gasteiger partial charge on any atom is -0.461 e. The van der Waals surface area contributed by atoms with Gasteiger partial charge in [-0.05, 0) is 56.4 Å². The molecule has 5 nitrogen and oxygen atoms in total. The second-order valence-electron chi connectivity index (χ2n) is 8.78. The van der Waals surface area contributed by atoms with E-state index >= 15 is 0 Å². The Hall–Kier alpha value is -1.69. The van der Waals surface area contributed by atoms with Gasteiger partial charge in [-0.15, -0.1) is 11.3 Å². The van der Waals surface area contributed by atoms with E-state index in [0.717, 1.165) is 36.1 Å². The summed E-state index contributed by atoms with van der Waals surface area (Å²) >= 11 is 1.64. The minimum atomic E-state index is -0.676. The summed E-state index contributed by atoms with van der Waals surface area (Å²) < 4.78 is 6.83. The van der Waals surface area contributed by atoms with Crippen LogP contribution < -0.4 is 5.56 Å². The van der Waals surface area contributed by atoms with Crippen LogP contribution in [0.2, 0.25) is 0 Å². The quantitative estimate of drug-likeness (QED) is 0.721. The molecular formula is C21H30N2O3S. The van der Waals surface area contributed by atoms with Crippen molar-refractivity contribution in [2.75, 3.05) is 0 Å². The maximum absolute atomic E-state index is 13.2. The Morgan fingerprint density at radius 2 is 2.11 bits per heavy atom. The molecule has 0 N–H and O–H groups in total. The average molecular weight is 391 g/mol. The highest BCUT2D eigenvalue weighted by molar-refractivity contribution is 7.18. The topological polar surface area (TPSA) is 61.2 Å². The van der Waals surface area contributed by atoms with Gasteiger partial charge in [0.15, 0.2) is 0 Å². The molecule has 0 bridgehead atoms. The summed E-state index contributed by atoms with van der Waals surface area (Å²) in [6, 6.07) is -0.676. The van der Waals surface area contributed by atoms with Crippen molar-refractivity contribution < 1.29 is 9.53 Å². The third kappa shape index (κ3) is 3.82. The number of esters is 1. The van der Waals surface area contributed by atoms with E-state index < -0.39 is 6.04 Å². The first-order valence-electron chi connectivity index (χ1n) is 9.85. The van der Waals surface area contributed by atoms with E-state index in [-0.39, 0.29) is 23.0 Å². The standard InChI is InChI=1S/C21H30N2O3S/c1-7-12(2)26-20(25)13(3)23-11-22-18-17(19(23)24)15-9-8-14(21(4,5)6)10-16(15)27-18/h11-14H,7-10H2,1-6H3/t12-,13-,14-/m1/s1. The molecule has 0 amide bonds. The smallest absolute Gasteiger partial charge is 0.329 e. The summed E-state index contributed by atoms with van der Waals surface area (Å²) in [6.45, 7) is 12.4. The lowest BCUT2D eigenvalue weighted by molar-refractivity contribution is -0.152. The minimum absolute atomic E-state index is 0.125. The van der Waals surface area contributed by atoms with Crippen molar-refractivity contribution in [3.63, 3.8) is 0 Å². The number of carbonyl (C=O) groups is 1. The van der Waals surface area contributed by atoms with Crippen LogP contribution in [0.15, 0.2) is 11.1 Å². The Bertz CT molecular complexity index is 907. The molecule has 3 atom stereocenters. The van der Waals surface area contributed by atoms with Crippen LogP contribution in [0.3, 0.4) is 0 Å². The maximum atomic E-state index is 13.2. The summed E-state index contributed by atoms with van der Waals surface area (Å²) in [5.41, 5.74) is 1.28. The molecule has 0 spiro atoms. The Morgan fingerprint density at radius 3 is 2.74 bits per heavy atom. The predicted molar refractivity (Wildman–Crippen MR) is 109 cm³/mol. The molecule has 0 unspecified atom stereocenters. The molecule has 3 rings (SSSR count). The molecule has 27 heavy (non-hydrogen) atoms. The number of rotatable bonds is 4. The van der Waals surface area contributed by atoms with Crippen molar-refractivity contribution in [1.82, 2.24) is 9.55 Å². The molecule has 6 heteroatoms. The van der Waals surface area contributed by atoms with Gasteiger partial charge < -0.3 is 4.74 Å². The lowest BCUT2D eigenvalue weighted by Gasteiger charge is -2.33. The zero-order chi connectivity index (χ0) is 19.9. The molecule has 0 fully saturated rings. The summed E-state index contributed by atoms with van der Waals surface area (Å²) in [5.74, 6) is 0.231. The fourth-order valence-corrected chi connectivity index (χ4v) is 4.95. The van der Waals surface area contributed by atoms with E-state index in [4.69, 9.17) is 4.74 Å². The fourth-order valence-electron chi connectivity index (χ4n) is 3.69. The number of thiophene rings is 1. The Balaban J connectivity index is 1.97. The van der Waals surface area contributed by atoms with E-state index in [9.17, 15) is 9.59 Å². The van der Waals surface area contributed by atoms with Crippen molar-refractivity contribution in [1.29, 1.82) is 0 Å². The van der Waals surface area contributed by atoms with Crippen LogP contribution >= 0.6 is 11.3 Å². The molecule has 1 aliphatic carbocycles. The number of carbonyl (C=O) groups excluding carboxylic acids is 1. The number of aryl methyl sites for hydroxylation is 1. The van der Waals surface area contributed by atoms with Gasteiger partial charge in [-0.25, -0.2) is 9.78 Å². The average Bonchev–Trinajstić information content (AvgIpc) is 2.99. The monoisotopic (exact) mass is 390 g/mol. The highest BCUT2D eigenvalue weighted by Gasteiger charge is 2.32. The number of fused-ring (bicyclic) bond motifs is 3. The number of hydrogen-bond donors (Lipinski definition) is 0. The van der Waals surface area contributed by atoms with Crippen molar-refractivity contribution in [2.45, 2.75) is 79.4 Å². The van der Waals surface area contributed by atoms with E-state index in [0.29, 0.717) is 11.3 Å². The van der Waals surface area contributed by atoms with Crippen LogP contribution in [0.1, 0.15) is 70.9 Å². The number of ether oxygens (including phenoxy) is 1. The summed E-state index contributed by atoms with van der Waals surface area (Å²) in [5, 5.41) is 0.702. The van der Waals surface area contributed by atoms with Gasteiger partial charge in [0.2, 0.25) is 0 Å². The molecule has 0 radical (unpaired) electrons. The molecular weight excluding hydrogens is 360 g/mol. The molecule has 0 saturated carbocycles. The van der Waals surface area contributed by atoms with Crippen LogP contribution in [0.4, 0.5) is 0 Å². The van der Waals surface area contributed by atoms with E-state index in [1.165, 1.54) is 15.8 Å². The van der Waals surface area contributed by atoms with Crippen molar-refractivity contribution >= 4 is 27.5 Å². The predicted octanol–water partition coefficient (Wildman–Crippen LogP) is 4.51. The molecule has 0 saturated heterocycles. The second-order valence-corrected chi connectivity index (χ2v) is 9.86. The van der Waals surface area contributed by atoms with Crippen molar-refractivity contribution in [3.05, 3.63) is 27.1 Å². The fraction of sp³-hybridized carbons (Fsp3) is 0.667. The molecule has 148 valence electrons. The first-order valence-corrected chi connectivity index (χ1v) is 10.7. The van der Waals surface area contributed by atoms with Gasteiger partial charge in [-0.3, -0.25) is 9.36 Å². The molecule has 2 aromatic rings. The van der Waals surface area contributed by atoms with Crippen LogP contribution in [0.5, 0.6) is 0 Å². The number of hydrogen-bond acceptors (Lipinski definition) is 5. The van der Waals surface area contributed by atoms with Gasteiger partial charge >= 0.3 is 5.97 Å². The Labute approximate surface area is 164 Å². The van der Waals surface area contributed by atoms with E-state index in [1.54, 1.807) is 18.3 Å². The first-order chi connectivity index (χ1) is 12.6. The molecule has 2 aromatic heterocycles. The highest BCUT2D eigenvalue weighted by Crippen LogP contribution is 2.42. The van der Waals surface area contributed by atoms with Crippen LogP contribution in [-0.4, -0.2) is 21.6 Å². The highest BCUT2D eigenvalue weighted by atomic mass is 32.1. The lowest BCUT2D eigenvalue weighted by atomic mass is 9.72. The third-order valence-electron chi connectivity index (χ3n) is 5.87. The molecule has 0 aliphatic heterocycles. The number of aromatic nitrogens is 2. The van der Waals surface area contributed by atoms with E-state index in [1.807, 2.05) is 13.8 Å². The normalized spacial score (nSPS) is 19.6. The van der Waals surface area contributed by atoms with Gasteiger partial charge in [0.1, 0.15) is 10.9 Å². The van der Waals surface area contributed by atoms with E-state index in [2.05, 4.69) is 25.8 Å². The lowest BCUT2D eigenvalue weighted by Crippen LogP contribution is -2.31. The van der Waals surface area contributed by atoms with Gasteiger partial charge in [0.25, 0.3) is 5.56 Å². The largest absolute Gasteiger partial charge is 0.461 e. The van der Waals surface area contributed by atoms with Gasteiger partial charge in [-0.1, -0.05) is 27.7 Å². The first kappa shape index (κ1) is 20.1. The van der Waals surface area contributed by atoms with Gasteiger partial charge in [0.05, 0.1) is 17.8 Å². The molecule has 1 aliphatic rings. The SMILES string of the molecule is CC[C@@H](C)OC(=O)[C@@H](C)n1cnc2sc3c(c2c1=O)CC[C@@H](C(C)(C)C)C3. The molecule has 2 heterocycles. The van der Waals surface area contributed by atoms with Crippen LogP contribution in [-0.2, 0) is 22.4 Å². The maximum Gasteiger partial charge on any atom is 0.329 e. The summed E-state index contributed by atoms with van der Waals surface area (Å²) in [7, 11) is 0. The van der Waals surface area contributed by atoms with Crippen molar-refractivity contribution in [3.8, 4) is 0 Å². The zero-order valence-corrected chi connectivity index (χ0v) is 18.0. The van der Waals surface area contributed by atoms with Gasteiger partial charge in [0, 0.05) is 4.88 Å². The molecule has 0 aromatic carbocycles. The third-order valence-corrected chi connectivity index (χ3v) is 7.03. The zero-order valence-electron chi connectivity index (χ0n) is 17.2. The van der Waals surface area contributed by atoms with Crippen LogP contribution in [0.25, 0.3) is 10.2 Å². The second kappa shape index (κ2) is 7.38. The Morgan fingerprint density at radius 1 is 1.41 bits per heavy atom. The van der Waals surface area contributed by atoms with Crippen LogP contribution in [0, 0.1) is 11.3 Å². The summed E-state index contributed by atoms with van der Waals surface area (Å²) in [6.07, 6.45) is 5.08. The van der Waals surface area contributed by atoms with Crippen molar-refractivity contribution in [2.24, 2.45) is 11.3 Å².